The maximum Gasteiger partial charge on any atom is 0.292 e. The van der Waals surface area contributed by atoms with E-state index in [1.165, 1.54) is 0 Å². The van der Waals surface area contributed by atoms with Crippen molar-refractivity contribution in [1.29, 1.82) is 0 Å². The van der Waals surface area contributed by atoms with Crippen molar-refractivity contribution in [1.82, 2.24) is 0 Å². The minimum atomic E-state index is -1.50. The number of anilines is 1. The van der Waals surface area contributed by atoms with Crippen molar-refractivity contribution in [3.63, 3.8) is 0 Å². The Labute approximate surface area is 161 Å². The van der Waals surface area contributed by atoms with Gasteiger partial charge in [0.15, 0.2) is 0 Å². The first-order chi connectivity index (χ1) is 12.6. The molecule has 0 N–H and O–H groups in total. The number of nitrogens with zero attached hydrogens (tertiary/aromatic N) is 1. The fourth-order valence-electron chi connectivity index (χ4n) is 3.38. The van der Waals surface area contributed by atoms with Gasteiger partial charge in [0, 0.05) is 0 Å². The summed E-state index contributed by atoms with van der Waals surface area (Å²) in [6.45, 7) is 3.51. The smallest absolute Gasteiger partial charge is 0.292 e. The van der Waals surface area contributed by atoms with Gasteiger partial charge in [0.1, 0.15) is 5.75 Å². The van der Waals surface area contributed by atoms with Gasteiger partial charge < -0.3 is 19.1 Å². The van der Waals surface area contributed by atoms with E-state index in [0.29, 0.717) is 47.7 Å². The van der Waals surface area contributed by atoms with Crippen LogP contribution in [0.1, 0.15) is 18.1 Å². The number of benzene rings is 2. The number of halogens is 2. The number of hydrogen-bond acceptors (Lipinski definition) is 4. The van der Waals surface area contributed by atoms with Crippen LogP contribution in [0.3, 0.4) is 0 Å². The largest absolute Gasteiger partial charge is 0.494 e. The summed E-state index contributed by atoms with van der Waals surface area (Å²) in [6, 6.07) is 10.9. The highest BCUT2D eigenvalue weighted by atomic mass is 35.5. The van der Waals surface area contributed by atoms with Crippen LogP contribution in [0.15, 0.2) is 36.4 Å². The van der Waals surface area contributed by atoms with Crippen LogP contribution >= 0.6 is 23.2 Å². The minimum absolute atomic E-state index is 0.311. The van der Waals surface area contributed by atoms with E-state index in [2.05, 4.69) is 0 Å². The summed E-state index contributed by atoms with van der Waals surface area (Å²) in [5.74, 6) is -1.03. The summed E-state index contributed by atoms with van der Waals surface area (Å²) < 4.78 is 16.9. The first-order valence-corrected chi connectivity index (χ1v) is 9.12. The molecule has 136 valence electrons. The molecule has 0 radical (unpaired) electrons. The molecule has 7 heteroatoms. The highest BCUT2D eigenvalue weighted by molar-refractivity contribution is 6.38. The van der Waals surface area contributed by atoms with Crippen LogP contribution in [0.2, 0.25) is 10.0 Å². The van der Waals surface area contributed by atoms with Gasteiger partial charge in [-0.15, -0.1) is 0 Å². The molecule has 5 nitrogen and oxygen atoms in total. The Kier molecular flexibility index (Phi) is 4.57. The van der Waals surface area contributed by atoms with Crippen LogP contribution in [-0.2, 0) is 26.6 Å². The lowest BCUT2D eigenvalue weighted by Crippen LogP contribution is -2.41. The third-order valence-corrected chi connectivity index (χ3v) is 5.09. The van der Waals surface area contributed by atoms with Gasteiger partial charge in [0.25, 0.3) is 11.7 Å². The van der Waals surface area contributed by atoms with E-state index in [4.69, 9.17) is 37.4 Å². The first-order valence-electron chi connectivity index (χ1n) is 8.37. The monoisotopic (exact) mass is 393 g/mol. The van der Waals surface area contributed by atoms with Crippen molar-refractivity contribution in [3.8, 4) is 5.75 Å². The molecule has 0 aromatic heterocycles. The molecule has 0 aliphatic carbocycles. The second-order valence-corrected chi connectivity index (χ2v) is 6.85. The molecule has 1 fully saturated rings. The molecule has 2 aliphatic rings. The summed E-state index contributed by atoms with van der Waals surface area (Å²) in [4.78, 5) is 14.8. The molecule has 2 aromatic rings. The predicted molar refractivity (Wildman–Crippen MR) is 98.8 cm³/mol. The van der Waals surface area contributed by atoms with E-state index >= 15 is 0 Å². The number of rotatable bonds is 4. The number of amides is 1. The Morgan fingerprint density at radius 2 is 1.73 bits per heavy atom. The first kappa shape index (κ1) is 17.6. The molecule has 2 heterocycles. The average Bonchev–Trinajstić information content (AvgIpc) is 3.21. The molecule has 2 aromatic carbocycles. The number of carbonyl (C=O) groups excluding carboxylic acids is 1. The van der Waals surface area contributed by atoms with Gasteiger partial charge in [-0.05, 0) is 36.8 Å². The quantitative estimate of drug-likeness (QED) is 0.782. The summed E-state index contributed by atoms with van der Waals surface area (Å²) in [5, 5.41) is 0.827. The zero-order chi connectivity index (χ0) is 18.3. The minimum Gasteiger partial charge on any atom is -0.494 e. The van der Waals surface area contributed by atoms with E-state index < -0.39 is 5.79 Å². The number of hydrogen-bond donors (Lipinski definition) is 0. The van der Waals surface area contributed by atoms with Gasteiger partial charge >= 0.3 is 0 Å². The second-order valence-electron chi connectivity index (χ2n) is 6.03. The van der Waals surface area contributed by atoms with Gasteiger partial charge in [-0.2, -0.15) is 0 Å². The van der Waals surface area contributed by atoms with Crippen LogP contribution in [0.4, 0.5) is 5.69 Å². The molecule has 1 amide bonds. The van der Waals surface area contributed by atoms with E-state index in [0.717, 1.165) is 11.3 Å². The van der Waals surface area contributed by atoms with Crippen molar-refractivity contribution in [2.75, 3.05) is 24.7 Å². The van der Waals surface area contributed by atoms with Crippen molar-refractivity contribution in [3.05, 3.63) is 57.6 Å². The highest BCUT2D eigenvalue weighted by Gasteiger charge is 2.57. The van der Waals surface area contributed by atoms with Gasteiger partial charge in [-0.1, -0.05) is 35.3 Å². The number of ether oxygens (including phenoxy) is 3. The highest BCUT2D eigenvalue weighted by Crippen LogP contribution is 2.52. The number of fused-ring (bicyclic) bond motifs is 2. The molecule has 26 heavy (non-hydrogen) atoms. The lowest BCUT2D eigenvalue weighted by Gasteiger charge is -2.22. The molecule has 0 unspecified atom stereocenters. The van der Waals surface area contributed by atoms with Crippen molar-refractivity contribution in [2.24, 2.45) is 0 Å². The molecule has 1 saturated heterocycles. The zero-order valence-corrected chi connectivity index (χ0v) is 15.6. The fourth-order valence-corrected chi connectivity index (χ4v) is 3.91. The normalized spacial score (nSPS) is 17.8. The maximum absolute atomic E-state index is 13.2. The average molecular weight is 394 g/mol. The van der Waals surface area contributed by atoms with E-state index in [1.807, 2.05) is 31.2 Å². The second kappa shape index (κ2) is 6.74. The molecular formula is C19H17Cl2NO4. The lowest BCUT2D eigenvalue weighted by atomic mass is 10.1. The third-order valence-electron chi connectivity index (χ3n) is 4.47. The van der Waals surface area contributed by atoms with Crippen LogP contribution in [-0.4, -0.2) is 25.7 Å². The van der Waals surface area contributed by atoms with Crippen LogP contribution in [0, 0.1) is 0 Å². The van der Waals surface area contributed by atoms with Crippen molar-refractivity contribution < 1.29 is 19.0 Å². The van der Waals surface area contributed by atoms with Gasteiger partial charge in [-0.3, -0.25) is 4.79 Å². The van der Waals surface area contributed by atoms with E-state index in [1.54, 1.807) is 17.0 Å². The van der Waals surface area contributed by atoms with Crippen molar-refractivity contribution in [2.45, 2.75) is 19.3 Å². The summed E-state index contributed by atoms with van der Waals surface area (Å²) >= 11 is 12.8. The van der Waals surface area contributed by atoms with Gasteiger partial charge in [-0.25, -0.2) is 0 Å². The summed E-state index contributed by atoms with van der Waals surface area (Å²) in [7, 11) is 0. The molecule has 0 atom stereocenters. The Hall–Kier alpha value is -1.79. The fraction of sp³-hybridized carbons (Fsp3) is 0.316. The van der Waals surface area contributed by atoms with Crippen LogP contribution in [0.25, 0.3) is 0 Å². The molecule has 0 saturated carbocycles. The SMILES string of the molecule is CCOc1ccc(CN2C(=O)C3(OCCO3)c3c(Cl)ccc(Cl)c32)cc1. The zero-order valence-electron chi connectivity index (χ0n) is 14.1. The Morgan fingerprint density at radius 1 is 1.08 bits per heavy atom. The van der Waals surface area contributed by atoms with Crippen LogP contribution in [0.5, 0.6) is 5.75 Å². The summed E-state index contributed by atoms with van der Waals surface area (Å²) in [5.41, 5.74) is 1.96. The Bertz CT molecular complexity index is 847. The Morgan fingerprint density at radius 3 is 2.38 bits per heavy atom. The van der Waals surface area contributed by atoms with E-state index in [-0.39, 0.29) is 5.91 Å². The standard InChI is InChI=1S/C19H17Cl2NO4/c1-2-24-13-5-3-12(4-6-13)11-22-17-15(21)8-7-14(20)16(17)19(18(22)23)25-9-10-26-19/h3-8H,2,9-11H2,1H3. The molecule has 2 aliphatic heterocycles. The molecule has 4 rings (SSSR count). The molecular weight excluding hydrogens is 377 g/mol. The van der Waals surface area contributed by atoms with E-state index in [9.17, 15) is 4.79 Å². The van der Waals surface area contributed by atoms with Crippen LogP contribution < -0.4 is 9.64 Å². The topological polar surface area (TPSA) is 48.0 Å². The lowest BCUT2D eigenvalue weighted by molar-refractivity contribution is -0.180. The van der Waals surface area contributed by atoms with Crippen molar-refractivity contribution >= 4 is 34.8 Å². The number of carbonyl (C=O) groups is 1. The maximum atomic E-state index is 13.2. The summed E-state index contributed by atoms with van der Waals surface area (Å²) in [6.07, 6.45) is 0. The Balaban J connectivity index is 1.73. The third kappa shape index (κ3) is 2.67. The predicted octanol–water partition coefficient (Wildman–Crippen LogP) is 4.14. The molecule has 0 bridgehead atoms. The molecule has 1 spiro atoms. The van der Waals surface area contributed by atoms with Gasteiger partial charge in [0.2, 0.25) is 0 Å². The van der Waals surface area contributed by atoms with Gasteiger partial charge in [0.05, 0.1) is 47.7 Å².